The molecule has 1 aliphatic heterocycles. The third-order valence-electron chi connectivity index (χ3n) is 4.48. The van der Waals surface area contributed by atoms with E-state index in [4.69, 9.17) is 8.22 Å². The third-order valence-corrected chi connectivity index (χ3v) is 4.48. The summed E-state index contributed by atoms with van der Waals surface area (Å²) in [4.78, 5) is 24.3. The van der Waals surface area contributed by atoms with Crippen LogP contribution in [0.1, 0.15) is 38.8 Å². The second-order valence-electron chi connectivity index (χ2n) is 6.93. The van der Waals surface area contributed by atoms with E-state index in [0.29, 0.717) is 6.07 Å². The molecular weight excluding hydrogens is 460 g/mol. The number of nitrogens with zero attached hydrogens (tertiary/aromatic N) is 4. The Kier molecular flexibility index (Phi) is 4.92. The van der Waals surface area contributed by atoms with Gasteiger partial charge in [-0.3, -0.25) is 9.59 Å². The number of carboxylic acids is 1. The van der Waals surface area contributed by atoms with Gasteiger partial charge in [0.2, 0.25) is 11.7 Å². The topological polar surface area (TPSA) is 100 Å². The molecule has 0 aliphatic carbocycles. The number of carbonyl (C=O) groups is 2. The minimum Gasteiger partial charge on any atom is -0.480 e. The quantitative estimate of drug-likeness (QED) is 0.461. The van der Waals surface area contributed by atoms with Crippen molar-refractivity contribution < 1.29 is 49.3 Å². The van der Waals surface area contributed by atoms with E-state index in [1.165, 1.54) is 0 Å². The second-order valence-corrected chi connectivity index (χ2v) is 6.93. The molecule has 1 unspecified atom stereocenters. The number of amides is 1. The Balaban J connectivity index is 2.06. The number of fused-ring (bicyclic) bond motifs is 1. The van der Waals surface area contributed by atoms with Gasteiger partial charge in [-0.2, -0.15) is 13.2 Å². The van der Waals surface area contributed by atoms with Gasteiger partial charge in [-0.15, -0.1) is 10.2 Å². The number of halogens is 6. The van der Waals surface area contributed by atoms with Crippen LogP contribution in [0.25, 0.3) is 0 Å². The highest BCUT2D eigenvalue weighted by atomic mass is 19.4. The van der Waals surface area contributed by atoms with Crippen LogP contribution in [0.5, 0.6) is 0 Å². The molecule has 2 heterocycles. The average molecular weight is 485 g/mol. The number of aromatic nitrogens is 3. The van der Waals surface area contributed by atoms with Crippen LogP contribution in [0.4, 0.5) is 26.3 Å². The molecule has 0 saturated heterocycles. The summed E-state index contributed by atoms with van der Waals surface area (Å²) in [6.07, 6.45) is -7.19. The second kappa shape index (κ2) is 9.37. The summed E-state index contributed by atoms with van der Waals surface area (Å²) >= 11 is 0. The lowest BCUT2D eigenvalue weighted by Gasteiger charge is -2.30. The molecule has 0 fully saturated rings. The maximum Gasteiger partial charge on any atom is 0.451 e. The van der Waals surface area contributed by atoms with E-state index in [1.54, 1.807) is 0 Å². The molecule has 1 aromatic carbocycles. The highest BCUT2D eigenvalue weighted by molar-refractivity contribution is 5.77. The van der Waals surface area contributed by atoms with Gasteiger partial charge >= 0.3 is 12.1 Å². The van der Waals surface area contributed by atoms with Crippen LogP contribution >= 0.6 is 0 Å². The Morgan fingerprint density at radius 1 is 1.18 bits per heavy atom. The molecule has 0 spiro atoms. The normalized spacial score (nSPS) is 23.1. The van der Waals surface area contributed by atoms with Crippen LogP contribution in [0, 0.1) is 17.5 Å². The molecular formula is C19H19F6N5O3. The fourth-order valence-electron chi connectivity index (χ4n) is 2.90. The van der Waals surface area contributed by atoms with Gasteiger partial charge in [0.1, 0.15) is 11.9 Å². The maximum absolute atomic E-state index is 14.3. The summed E-state index contributed by atoms with van der Waals surface area (Å²) in [6.45, 7) is -10.0. The molecule has 8 nitrogen and oxygen atoms in total. The molecule has 2 N–H and O–H groups in total. The lowest BCUT2D eigenvalue weighted by molar-refractivity contribution is -0.148. The van der Waals surface area contributed by atoms with Crippen molar-refractivity contribution in [3.63, 3.8) is 0 Å². The number of carboxylic acid groups (broad SMARTS) is 1. The van der Waals surface area contributed by atoms with Crippen LogP contribution < -0.4 is 5.32 Å². The number of nitrogens with one attached hydrogen (secondary N) is 1. The molecule has 0 saturated carbocycles. The lowest BCUT2D eigenvalue weighted by Crippen LogP contribution is -2.47. The molecule has 180 valence electrons. The minimum atomic E-state index is -5.38. The molecule has 1 aliphatic rings. The van der Waals surface area contributed by atoms with Gasteiger partial charge in [-0.25, -0.2) is 13.2 Å². The molecule has 0 bridgehead atoms. The van der Waals surface area contributed by atoms with Crippen LogP contribution in [-0.2, 0) is 35.2 Å². The summed E-state index contributed by atoms with van der Waals surface area (Å²) in [5, 5.41) is 17.3. The summed E-state index contributed by atoms with van der Waals surface area (Å²) in [6, 6.07) is -2.37. The van der Waals surface area contributed by atoms with E-state index < -0.39 is 102 Å². The van der Waals surface area contributed by atoms with Crippen molar-refractivity contribution >= 4 is 11.9 Å². The van der Waals surface area contributed by atoms with E-state index in [1.807, 2.05) is 0 Å². The molecule has 33 heavy (non-hydrogen) atoms. The number of rotatable bonds is 7. The Morgan fingerprint density at radius 2 is 1.85 bits per heavy atom. The Bertz CT molecular complexity index is 1310. The number of alkyl halides is 3. The zero-order valence-corrected chi connectivity index (χ0v) is 16.5. The van der Waals surface area contributed by atoms with Gasteiger partial charge in [-0.05, 0) is 25.0 Å². The summed E-state index contributed by atoms with van der Waals surface area (Å²) < 4.78 is 130. The zero-order valence-electron chi connectivity index (χ0n) is 22.5. The number of carbonyl (C=O) groups excluding carboxylic acids is 1. The Hall–Kier alpha value is -3.16. The molecule has 2 aromatic rings. The van der Waals surface area contributed by atoms with Crippen molar-refractivity contribution in [2.45, 2.75) is 51.0 Å². The molecule has 0 radical (unpaired) electrons. The molecule has 1 amide bonds. The third kappa shape index (κ3) is 5.61. The first-order valence-corrected chi connectivity index (χ1v) is 9.13. The predicted octanol–water partition coefficient (Wildman–Crippen LogP) is 2.12. The lowest BCUT2D eigenvalue weighted by atomic mass is 10.0. The van der Waals surface area contributed by atoms with Gasteiger partial charge in [-0.1, -0.05) is 0 Å². The highest BCUT2D eigenvalue weighted by Crippen LogP contribution is 2.29. The van der Waals surface area contributed by atoms with Gasteiger partial charge < -0.3 is 19.9 Å². The van der Waals surface area contributed by atoms with Crippen LogP contribution in [0.3, 0.4) is 0 Å². The van der Waals surface area contributed by atoms with Gasteiger partial charge in [0.15, 0.2) is 17.5 Å². The predicted molar refractivity (Wildman–Crippen MR) is 99.1 cm³/mol. The monoisotopic (exact) mass is 485 g/mol. The zero-order chi connectivity index (χ0) is 29.9. The SMILES string of the molecule is [2H]C1([2H])c2nnc(C(F)(F)F)n2C([2H])([2H])C([2H])([2H])N1C(=O)C[C@@H](Cc1cc(F)c(F)cc1F)NC(C)C(=O)O. The minimum absolute atomic E-state index is 0.186. The molecule has 14 heteroatoms. The Labute approximate surface area is 191 Å². The average Bonchev–Trinajstić information content (AvgIpc) is 3.24. The standard InChI is InChI=1S/C19H19F6N5O3/c1-9(17(32)33)26-11(4-10-5-13(21)14(22)7-12(10)20)6-16(31)29-2-3-30-15(8-29)27-28-18(30)19(23,24)25/h5,7,9,11,26H,2-4,6,8H2,1H3,(H,32,33)/t9?,11-/m1/s1/i2D2,3D2,8D2. The number of aliphatic carboxylic acids is 1. The summed E-state index contributed by atoms with van der Waals surface area (Å²) in [5.74, 6) is -10.9. The van der Waals surface area contributed by atoms with Crippen LogP contribution in [-0.4, -0.2) is 55.2 Å². The van der Waals surface area contributed by atoms with E-state index in [0.717, 1.165) is 6.92 Å². The van der Waals surface area contributed by atoms with E-state index in [-0.39, 0.29) is 11.0 Å². The first-order chi connectivity index (χ1) is 17.6. The number of hydrogen-bond acceptors (Lipinski definition) is 5. The van der Waals surface area contributed by atoms with Crippen molar-refractivity contribution in [2.24, 2.45) is 0 Å². The summed E-state index contributed by atoms with van der Waals surface area (Å²) in [5.41, 5.74) is -0.550. The van der Waals surface area contributed by atoms with Gasteiger partial charge in [0, 0.05) is 31.5 Å². The van der Waals surface area contributed by atoms with Crippen molar-refractivity contribution in [1.82, 2.24) is 25.0 Å². The van der Waals surface area contributed by atoms with Crippen molar-refractivity contribution in [3.8, 4) is 0 Å². The van der Waals surface area contributed by atoms with E-state index in [9.17, 15) is 41.0 Å². The van der Waals surface area contributed by atoms with Crippen molar-refractivity contribution in [3.05, 3.63) is 46.8 Å². The van der Waals surface area contributed by atoms with Crippen LogP contribution in [0.15, 0.2) is 12.1 Å². The smallest absolute Gasteiger partial charge is 0.451 e. The van der Waals surface area contributed by atoms with Crippen LogP contribution in [0.2, 0.25) is 0 Å². The summed E-state index contributed by atoms with van der Waals surface area (Å²) in [7, 11) is 0. The molecule has 2 atom stereocenters. The number of benzene rings is 1. The first kappa shape index (κ1) is 17.3. The fraction of sp³-hybridized carbons (Fsp3) is 0.474. The molecule has 1 aromatic heterocycles. The van der Waals surface area contributed by atoms with Crippen molar-refractivity contribution in [2.75, 3.05) is 6.50 Å². The first-order valence-electron chi connectivity index (χ1n) is 12.1. The maximum atomic E-state index is 14.3. The van der Waals surface area contributed by atoms with E-state index >= 15 is 0 Å². The van der Waals surface area contributed by atoms with E-state index in [2.05, 4.69) is 15.5 Å². The fourth-order valence-corrected chi connectivity index (χ4v) is 2.90. The molecule has 3 rings (SSSR count). The van der Waals surface area contributed by atoms with Gasteiger partial charge in [0.25, 0.3) is 0 Å². The number of hydrogen-bond donors (Lipinski definition) is 2. The van der Waals surface area contributed by atoms with Gasteiger partial charge in [0.05, 0.1) is 14.7 Å². The highest BCUT2D eigenvalue weighted by Gasteiger charge is 2.40. The largest absolute Gasteiger partial charge is 0.480 e. The Morgan fingerprint density at radius 3 is 2.48 bits per heavy atom. The van der Waals surface area contributed by atoms with Crippen molar-refractivity contribution in [1.29, 1.82) is 0 Å².